The molecule has 1 unspecified atom stereocenters. The van der Waals surface area contributed by atoms with E-state index in [1.807, 2.05) is 24.0 Å². The fourth-order valence-corrected chi connectivity index (χ4v) is 5.59. The molecule has 4 rings (SSSR count). The molecule has 1 aromatic carbocycles. The van der Waals surface area contributed by atoms with Crippen molar-refractivity contribution in [2.75, 3.05) is 20.2 Å². The minimum Gasteiger partial charge on any atom is -0.497 e. The van der Waals surface area contributed by atoms with E-state index in [1.54, 1.807) is 12.6 Å². The maximum Gasteiger partial charge on any atom is 0.303 e. The van der Waals surface area contributed by atoms with Gasteiger partial charge in [-0.1, -0.05) is 6.07 Å². The second-order valence-corrected chi connectivity index (χ2v) is 8.65. The summed E-state index contributed by atoms with van der Waals surface area (Å²) >= 11 is 1.39. The Morgan fingerprint density at radius 3 is 2.71 bits per heavy atom. The third-order valence-corrected chi connectivity index (χ3v) is 7.19. The van der Waals surface area contributed by atoms with Crippen molar-refractivity contribution in [3.8, 4) is 5.75 Å². The number of aliphatic carboxylic acids is 1. The zero-order chi connectivity index (χ0) is 19.9. The van der Waals surface area contributed by atoms with Gasteiger partial charge in [0.05, 0.1) is 24.7 Å². The van der Waals surface area contributed by atoms with Gasteiger partial charge < -0.3 is 14.7 Å². The highest BCUT2D eigenvalue weighted by atomic mass is 32.1. The lowest BCUT2D eigenvalue weighted by Crippen LogP contribution is -2.44. The maximum absolute atomic E-state index is 12.8. The third-order valence-electron chi connectivity index (χ3n) is 6.28. The van der Waals surface area contributed by atoms with Crippen molar-refractivity contribution >= 4 is 23.2 Å². The second kappa shape index (κ2) is 7.20. The predicted molar refractivity (Wildman–Crippen MR) is 106 cm³/mol. The topological polar surface area (TPSA) is 79.7 Å². The fraction of sp³-hybridized carbons (Fsp3) is 0.476. The molecule has 2 aliphatic rings. The van der Waals surface area contributed by atoms with Gasteiger partial charge in [-0.2, -0.15) is 0 Å². The number of fused-ring (bicyclic) bond motifs is 2. The van der Waals surface area contributed by atoms with Crippen LogP contribution in [0.5, 0.6) is 5.75 Å². The minimum absolute atomic E-state index is 0.0180. The van der Waals surface area contributed by atoms with Crippen LogP contribution < -0.4 is 4.74 Å². The SMILES string of the molecule is COc1ccc2c(c1)C1(CCN(C(=O)c3scnc3C)CC1)CC2CC(=O)O. The number of carbonyl (C=O) groups is 2. The Kier molecular flexibility index (Phi) is 4.87. The van der Waals surface area contributed by atoms with E-state index in [4.69, 9.17) is 4.74 Å². The van der Waals surface area contributed by atoms with Crippen molar-refractivity contribution in [1.82, 2.24) is 9.88 Å². The Hall–Kier alpha value is -2.41. The molecule has 1 amide bonds. The highest BCUT2D eigenvalue weighted by molar-refractivity contribution is 7.11. The van der Waals surface area contributed by atoms with Gasteiger partial charge in [0, 0.05) is 13.1 Å². The van der Waals surface area contributed by atoms with Gasteiger partial charge in [0.25, 0.3) is 5.91 Å². The number of nitrogens with zero attached hydrogens (tertiary/aromatic N) is 2. The van der Waals surface area contributed by atoms with Crippen LogP contribution in [0.1, 0.15) is 58.1 Å². The summed E-state index contributed by atoms with van der Waals surface area (Å²) < 4.78 is 5.42. The van der Waals surface area contributed by atoms with E-state index >= 15 is 0 Å². The Morgan fingerprint density at radius 2 is 2.11 bits per heavy atom. The number of aromatic nitrogens is 1. The van der Waals surface area contributed by atoms with E-state index in [0.29, 0.717) is 18.0 Å². The Bertz CT molecular complexity index is 915. The first kappa shape index (κ1) is 18.9. The molecule has 0 bridgehead atoms. The molecular formula is C21H24N2O4S. The lowest BCUT2D eigenvalue weighted by Gasteiger charge is -2.40. The molecular weight excluding hydrogens is 376 g/mol. The summed E-state index contributed by atoms with van der Waals surface area (Å²) in [5, 5.41) is 9.35. The zero-order valence-electron chi connectivity index (χ0n) is 16.1. The van der Waals surface area contributed by atoms with E-state index in [2.05, 4.69) is 11.1 Å². The summed E-state index contributed by atoms with van der Waals surface area (Å²) in [4.78, 5) is 31.0. The van der Waals surface area contributed by atoms with Gasteiger partial charge >= 0.3 is 5.97 Å². The number of benzene rings is 1. The number of carbonyl (C=O) groups excluding carboxylic acids is 1. The van der Waals surface area contributed by atoms with Crippen molar-refractivity contribution in [3.63, 3.8) is 0 Å². The average Bonchev–Trinajstić information content (AvgIpc) is 3.23. The number of methoxy groups -OCH3 is 1. The number of carboxylic acids is 1. The summed E-state index contributed by atoms with van der Waals surface area (Å²) in [5.41, 5.74) is 4.75. The Labute approximate surface area is 168 Å². The lowest BCUT2D eigenvalue weighted by atomic mass is 9.73. The van der Waals surface area contributed by atoms with Crippen LogP contribution in [-0.2, 0) is 10.2 Å². The van der Waals surface area contributed by atoms with Crippen molar-refractivity contribution in [2.45, 2.75) is 43.9 Å². The van der Waals surface area contributed by atoms with Crippen LogP contribution in [0.2, 0.25) is 0 Å². The highest BCUT2D eigenvalue weighted by Crippen LogP contribution is 2.53. The molecule has 1 aromatic heterocycles. The number of likely N-dealkylation sites (tertiary alicyclic amines) is 1. The standard InChI is InChI=1S/C21H24N2O4S/c1-13-19(28-12-22-13)20(26)23-7-5-21(6-8-23)11-14(9-18(24)25)16-4-3-15(27-2)10-17(16)21/h3-4,10,12,14H,5-9,11H2,1-2H3,(H,24,25). The number of aryl methyl sites for hydroxylation is 1. The molecule has 1 aliphatic heterocycles. The van der Waals surface area contributed by atoms with Crippen LogP contribution in [0.4, 0.5) is 0 Å². The van der Waals surface area contributed by atoms with Gasteiger partial charge in [0.1, 0.15) is 10.6 Å². The van der Waals surface area contributed by atoms with E-state index in [9.17, 15) is 14.7 Å². The number of amides is 1. The number of ether oxygens (including phenoxy) is 1. The predicted octanol–water partition coefficient (Wildman–Crippen LogP) is 3.60. The molecule has 1 atom stereocenters. The molecule has 1 N–H and O–H groups in total. The van der Waals surface area contributed by atoms with Gasteiger partial charge in [-0.25, -0.2) is 4.98 Å². The van der Waals surface area contributed by atoms with Crippen molar-refractivity contribution in [1.29, 1.82) is 0 Å². The number of carboxylic acid groups (broad SMARTS) is 1. The first-order valence-electron chi connectivity index (χ1n) is 9.53. The van der Waals surface area contributed by atoms with Gasteiger partial charge in [-0.3, -0.25) is 9.59 Å². The molecule has 1 saturated heterocycles. The van der Waals surface area contributed by atoms with Gasteiger partial charge in [0.2, 0.25) is 0 Å². The lowest BCUT2D eigenvalue weighted by molar-refractivity contribution is -0.137. The largest absolute Gasteiger partial charge is 0.497 e. The third kappa shape index (κ3) is 3.17. The highest BCUT2D eigenvalue weighted by Gasteiger charge is 2.46. The molecule has 2 aromatic rings. The van der Waals surface area contributed by atoms with Crippen LogP contribution in [0.3, 0.4) is 0 Å². The van der Waals surface area contributed by atoms with Crippen LogP contribution in [0, 0.1) is 6.92 Å². The van der Waals surface area contributed by atoms with Gasteiger partial charge in [-0.15, -0.1) is 11.3 Å². The maximum atomic E-state index is 12.8. The summed E-state index contributed by atoms with van der Waals surface area (Å²) in [7, 11) is 1.65. The molecule has 1 spiro atoms. The average molecular weight is 401 g/mol. The summed E-state index contributed by atoms with van der Waals surface area (Å²) in [6.07, 6.45) is 2.65. The molecule has 1 aliphatic carbocycles. The van der Waals surface area contributed by atoms with Crippen LogP contribution in [0.15, 0.2) is 23.7 Å². The molecule has 0 radical (unpaired) electrons. The van der Waals surface area contributed by atoms with E-state index in [-0.39, 0.29) is 23.7 Å². The molecule has 1 fully saturated rings. The number of hydrogen-bond acceptors (Lipinski definition) is 5. The quantitative estimate of drug-likeness (QED) is 0.848. The smallest absolute Gasteiger partial charge is 0.303 e. The van der Waals surface area contributed by atoms with E-state index in [1.165, 1.54) is 16.9 Å². The fourth-order valence-electron chi connectivity index (χ4n) is 4.82. The van der Waals surface area contributed by atoms with E-state index < -0.39 is 5.97 Å². The molecule has 2 heterocycles. The van der Waals surface area contributed by atoms with Gasteiger partial charge in [0.15, 0.2) is 0 Å². The zero-order valence-corrected chi connectivity index (χ0v) is 16.9. The molecule has 6 nitrogen and oxygen atoms in total. The summed E-state index contributed by atoms with van der Waals surface area (Å²) in [5.74, 6) is 0.107. The number of piperidine rings is 1. The van der Waals surface area contributed by atoms with Crippen molar-refractivity contribution in [3.05, 3.63) is 45.4 Å². The number of rotatable bonds is 4. The van der Waals surface area contributed by atoms with Crippen molar-refractivity contribution < 1.29 is 19.4 Å². The van der Waals surface area contributed by atoms with Crippen LogP contribution in [-0.4, -0.2) is 47.1 Å². The molecule has 148 valence electrons. The Morgan fingerprint density at radius 1 is 1.36 bits per heavy atom. The molecule has 0 saturated carbocycles. The van der Waals surface area contributed by atoms with Crippen molar-refractivity contribution in [2.24, 2.45) is 0 Å². The normalized spacial score (nSPS) is 20.2. The minimum atomic E-state index is -0.767. The second-order valence-electron chi connectivity index (χ2n) is 7.79. The number of thiazole rings is 1. The monoisotopic (exact) mass is 400 g/mol. The Balaban J connectivity index is 1.58. The summed E-state index contributed by atoms with van der Waals surface area (Å²) in [6, 6.07) is 6.01. The number of hydrogen-bond donors (Lipinski definition) is 1. The van der Waals surface area contributed by atoms with Gasteiger partial charge in [-0.05, 0) is 60.8 Å². The van der Waals surface area contributed by atoms with Crippen LogP contribution in [0.25, 0.3) is 0 Å². The van der Waals surface area contributed by atoms with E-state index in [0.717, 1.165) is 36.3 Å². The summed E-state index contributed by atoms with van der Waals surface area (Å²) in [6.45, 7) is 3.21. The molecule has 7 heteroatoms. The van der Waals surface area contributed by atoms with Crippen LogP contribution >= 0.6 is 11.3 Å². The first-order valence-corrected chi connectivity index (χ1v) is 10.4. The first-order chi connectivity index (χ1) is 13.4. The molecule has 28 heavy (non-hydrogen) atoms.